The van der Waals surface area contributed by atoms with E-state index in [-0.39, 0.29) is 23.9 Å². The van der Waals surface area contributed by atoms with Gasteiger partial charge in [-0.15, -0.1) is 0 Å². The highest BCUT2D eigenvalue weighted by Crippen LogP contribution is 2.29. The van der Waals surface area contributed by atoms with E-state index in [1.807, 2.05) is 4.90 Å². The number of hydrogen-bond donors (Lipinski definition) is 1. The van der Waals surface area contributed by atoms with E-state index in [9.17, 15) is 22.8 Å². The fourth-order valence-corrected chi connectivity index (χ4v) is 3.38. The van der Waals surface area contributed by atoms with Crippen LogP contribution in [0.4, 0.5) is 18.9 Å². The van der Waals surface area contributed by atoms with Gasteiger partial charge in [0.15, 0.2) is 0 Å². The Morgan fingerprint density at radius 3 is 2.00 bits per heavy atom. The largest absolute Gasteiger partial charge is 0.497 e. The van der Waals surface area contributed by atoms with Crippen molar-refractivity contribution in [3.63, 3.8) is 0 Å². The van der Waals surface area contributed by atoms with Crippen LogP contribution < -0.4 is 14.8 Å². The zero-order chi connectivity index (χ0) is 23.3. The first-order chi connectivity index (χ1) is 15.2. The molecule has 1 aliphatic heterocycles. The number of carbonyl (C=O) groups excluding carboxylic acids is 2. The molecule has 1 heterocycles. The van der Waals surface area contributed by atoms with Gasteiger partial charge in [-0.2, -0.15) is 13.2 Å². The highest BCUT2D eigenvalue weighted by Gasteiger charge is 2.31. The van der Waals surface area contributed by atoms with Gasteiger partial charge in [-0.25, -0.2) is 0 Å². The lowest BCUT2D eigenvalue weighted by atomic mass is 10.1. The zero-order valence-corrected chi connectivity index (χ0v) is 17.7. The van der Waals surface area contributed by atoms with Gasteiger partial charge in [0, 0.05) is 55.6 Å². The average Bonchev–Trinajstić information content (AvgIpc) is 2.78. The summed E-state index contributed by atoms with van der Waals surface area (Å²) in [6, 6.07) is 9.24. The van der Waals surface area contributed by atoms with Gasteiger partial charge in [-0.1, -0.05) is 0 Å². The van der Waals surface area contributed by atoms with Gasteiger partial charge >= 0.3 is 6.18 Å². The Morgan fingerprint density at radius 2 is 1.50 bits per heavy atom. The number of rotatable bonds is 6. The molecule has 0 unspecified atom stereocenters. The predicted octanol–water partition coefficient (Wildman–Crippen LogP) is 3.12. The maximum absolute atomic E-state index is 12.7. The fourth-order valence-electron chi connectivity index (χ4n) is 3.38. The monoisotopic (exact) mass is 451 g/mol. The van der Waals surface area contributed by atoms with Crippen molar-refractivity contribution >= 4 is 17.5 Å². The third kappa shape index (κ3) is 5.91. The number of hydrogen-bond acceptors (Lipinski definition) is 5. The Balaban J connectivity index is 1.51. The van der Waals surface area contributed by atoms with Crippen LogP contribution in [0.1, 0.15) is 15.9 Å². The number of alkyl halides is 3. The molecule has 3 rings (SSSR count). The maximum atomic E-state index is 12.7. The number of benzene rings is 2. The summed E-state index contributed by atoms with van der Waals surface area (Å²) in [5, 5.41) is 2.80. The van der Waals surface area contributed by atoms with Crippen molar-refractivity contribution in [3.8, 4) is 11.5 Å². The van der Waals surface area contributed by atoms with Gasteiger partial charge in [0.25, 0.3) is 5.91 Å². The summed E-state index contributed by atoms with van der Waals surface area (Å²) in [5.41, 5.74) is -0.0444. The molecule has 10 heteroatoms. The van der Waals surface area contributed by atoms with Gasteiger partial charge < -0.3 is 19.7 Å². The Hall–Kier alpha value is -3.27. The van der Waals surface area contributed by atoms with Crippen LogP contribution in [-0.2, 0) is 11.0 Å². The van der Waals surface area contributed by atoms with Crippen LogP contribution in [0.15, 0.2) is 42.5 Å². The quantitative estimate of drug-likeness (QED) is 0.731. The van der Waals surface area contributed by atoms with Crippen molar-refractivity contribution in [1.29, 1.82) is 0 Å². The fraction of sp³-hybridized carbons (Fsp3) is 0.364. The van der Waals surface area contributed by atoms with Crippen molar-refractivity contribution in [2.45, 2.75) is 6.18 Å². The summed E-state index contributed by atoms with van der Waals surface area (Å²) in [6.45, 7) is 1.84. The van der Waals surface area contributed by atoms with E-state index in [1.54, 1.807) is 23.1 Å². The number of ether oxygens (including phenoxy) is 2. The molecule has 0 aliphatic carbocycles. The highest BCUT2D eigenvalue weighted by molar-refractivity contribution is 5.94. The summed E-state index contributed by atoms with van der Waals surface area (Å²) in [7, 11) is 3.04. The van der Waals surface area contributed by atoms with Crippen molar-refractivity contribution in [2.75, 3.05) is 52.3 Å². The van der Waals surface area contributed by atoms with Gasteiger partial charge in [-0.3, -0.25) is 14.5 Å². The van der Waals surface area contributed by atoms with Gasteiger partial charge in [0.05, 0.1) is 26.3 Å². The molecule has 0 saturated carbocycles. The van der Waals surface area contributed by atoms with E-state index in [0.29, 0.717) is 43.4 Å². The van der Waals surface area contributed by atoms with E-state index in [2.05, 4.69) is 5.32 Å². The molecule has 1 N–H and O–H groups in total. The topological polar surface area (TPSA) is 71.1 Å². The minimum Gasteiger partial charge on any atom is -0.497 e. The van der Waals surface area contributed by atoms with Gasteiger partial charge in [0.2, 0.25) is 5.91 Å². The van der Waals surface area contributed by atoms with Crippen LogP contribution >= 0.6 is 0 Å². The van der Waals surface area contributed by atoms with Gasteiger partial charge in [-0.05, 0) is 24.3 Å². The molecule has 0 bridgehead atoms. The molecule has 172 valence electrons. The van der Waals surface area contributed by atoms with Crippen LogP contribution in [-0.4, -0.2) is 68.6 Å². The van der Waals surface area contributed by atoms with E-state index in [4.69, 9.17) is 9.47 Å². The number of anilines is 1. The highest BCUT2D eigenvalue weighted by atomic mass is 19.4. The number of piperazine rings is 1. The first-order valence-electron chi connectivity index (χ1n) is 9.91. The SMILES string of the molecule is COc1cc(NC(=O)CN2CCN(C(=O)c3ccc(C(F)(F)F)cc3)CC2)cc(OC)c1. The Kier molecular flexibility index (Phi) is 7.24. The van der Waals surface area contributed by atoms with Crippen LogP contribution in [0.5, 0.6) is 11.5 Å². The summed E-state index contributed by atoms with van der Waals surface area (Å²) < 4.78 is 48.4. The Labute approximate surface area is 183 Å². The third-order valence-electron chi connectivity index (χ3n) is 5.12. The minimum absolute atomic E-state index is 0.141. The first-order valence-corrected chi connectivity index (χ1v) is 9.91. The second kappa shape index (κ2) is 9.90. The van der Waals surface area contributed by atoms with Gasteiger partial charge in [0.1, 0.15) is 11.5 Å². The molecule has 2 aromatic rings. The zero-order valence-electron chi connectivity index (χ0n) is 17.7. The maximum Gasteiger partial charge on any atom is 0.416 e. The van der Waals surface area contributed by atoms with Crippen molar-refractivity contribution in [1.82, 2.24) is 9.80 Å². The molecule has 0 atom stereocenters. The molecule has 1 saturated heterocycles. The number of halogens is 3. The molecule has 1 fully saturated rings. The number of nitrogens with zero attached hydrogens (tertiary/aromatic N) is 2. The number of nitrogens with one attached hydrogen (secondary N) is 1. The molecule has 0 radical (unpaired) electrons. The lowest BCUT2D eigenvalue weighted by molar-refractivity contribution is -0.137. The second-order valence-corrected chi connectivity index (χ2v) is 7.29. The number of amides is 2. The van der Waals surface area contributed by atoms with E-state index < -0.39 is 11.7 Å². The summed E-state index contributed by atoms with van der Waals surface area (Å²) in [5.74, 6) is 0.555. The number of carbonyl (C=O) groups is 2. The molecule has 1 aliphatic rings. The number of methoxy groups -OCH3 is 2. The molecule has 7 nitrogen and oxygen atoms in total. The standard InChI is InChI=1S/C22H24F3N3O4/c1-31-18-11-17(12-19(13-18)32-2)26-20(29)14-27-7-9-28(10-8-27)21(30)15-3-5-16(6-4-15)22(23,24)25/h3-6,11-13H,7-10,14H2,1-2H3,(H,26,29). The molecule has 0 spiro atoms. The van der Waals surface area contributed by atoms with E-state index >= 15 is 0 Å². The molecular weight excluding hydrogens is 427 g/mol. The molecule has 2 aromatic carbocycles. The van der Waals surface area contributed by atoms with Crippen LogP contribution in [0.3, 0.4) is 0 Å². The summed E-state index contributed by atoms with van der Waals surface area (Å²) in [4.78, 5) is 28.5. The molecule has 0 aromatic heterocycles. The van der Waals surface area contributed by atoms with Crippen LogP contribution in [0.25, 0.3) is 0 Å². The lowest BCUT2D eigenvalue weighted by Crippen LogP contribution is -2.50. The minimum atomic E-state index is -4.44. The summed E-state index contributed by atoms with van der Waals surface area (Å²) in [6.07, 6.45) is -4.44. The lowest BCUT2D eigenvalue weighted by Gasteiger charge is -2.34. The van der Waals surface area contributed by atoms with Crippen LogP contribution in [0, 0.1) is 0 Å². The smallest absolute Gasteiger partial charge is 0.416 e. The third-order valence-corrected chi connectivity index (χ3v) is 5.12. The normalized spacial score (nSPS) is 14.7. The van der Waals surface area contributed by atoms with Crippen molar-refractivity contribution in [2.24, 2.45) is 0 Å². The Bertz CT molecular complexity index is 934. The van der Waals surface area contributed by atoms with Crippen molar-refractivity contribution in [3.05, 3.63) is 53.6 Å². The average molecular weight is 451 g/mol. The van der Waals surface area contributed by atoms with E-state index in [1.165, 1.54) is 26.4 Å². The molecular formula is C22H24F3N3O4. The first kappa shape index (κ1) is 23.4. The van der Waals surface area contributed by atoms with E-state index in [0.717, 1.165) is 12.1 Å². The van der Waals surface area contributed by atoms with Crippen LogP contribution in [0.2, 0.25) is 0 Å². The molecule has 2 amide bonds. The second-order valence-electron chi connectivity index (χ2n) is 7.29. The summed E-state index contributed by atoms with van der Waals surface area (Å²) >= 11 is 0. The predicted molar refractivity (Wildman–Crippen MR) is 112 cm³/mol. The molecule has 32 heavy (non-hydrogen) atoms. The van der Waals surface area contributed by atoms with Crippen molar-refractivity contribution < 1.29 is 32.2 Å². The Morgan fingerprint density at radius 1 is 0.938 bits per heavy atom.